The molecule has 3 aromatic heterocycles. The number of carbonyl (C=O) groups is 1. The highest BCUT2D eigenvalue weighted by Gasteiger charge is 2.22. The number of halogens is 2. The van der Waals surface area contributed by atoms with E-state index < -0.39 is 12.3 Å². The summed E-state index contributed by atoms with van der Waals surface area (Å²) in [5, 5.41) is 10.8. The SMILES string of the molecule is O=C(Nc1ncn(Cc2ccccc2)n1)c1cnn2c(C(F)F)cc(-c3ccccc3)nc12. The van der Waals surface area contributed by atoms with Gasteiger partial charge in [-0.25, -0.2) is 27.9 Å². The quantitative estimate of drug-likeness (QED) is 0.423. The number of hydrogen-bond acceptors (Lipinski definition) is 5. The fraction of sp³-hybridized carbons (Fsp3) is 0.0870. The Hall–Kier alpha value is -4.47. The van der Waals surface area contributed by atoms with Gasteiger partial charge in [-0.3, -0.25) is 10.1 Å². The predicted octanol–water partition coefficient (Wildman–Crippen LogP) is 4.23. The molecule has 0 saturated heterocycles. The van der Waals surface area contributed by atoms with Crippen LogP contribution in [0.25, 0.3) is 16.9 Å². The minimum absolute atomic E-state index is 0.0212. The topological polar surface area (TPSA) is 90.0 Å². The van der Waals surface area contributed by atoms with Crippen LogP contribution in [0.2, 0.25) is 0 Å². The maximum absolute atomic E-state index is 13.7. The van der Waals surface area contributed by atoms with Gasteiger partial charge in [-0.1, -0.05) is 60.7 Å². The lowest BCUT2D eigenvalue weighted by Gasteiger charge is -2.08. The Morgan fingerprint density at radius 2 is 1.76 bits per heavy atom. The highest BCUT2D eigenvalue weighted by molar-refractivity contribution is 6.07. The fourth-order valence-electron chi connectivity index (χ4n) is 3.43. The summed E-state index contributed by atoms with van der Waals surface area (Å²) in [5.41, 5.74) is 1.69. The maximum atomic E-state index is 13.7. The zero-order chi connectivity index (χ0) is 22.8. The summed E-state index contributed by atoms with van der Waals surface area (Å²) >= 11 is 0. The van der Waals surface area contributed by atoms with Crippen LogP contribution in [0.5, 0.6) is 0 Å². The van der Waals surface area contributed by atoms with Crippen molar-refractivity contribution in [3.8, 4) is 11.3 Å². The third-order valence-electron chi connectivity index (χ3n) is 4.99. The molecule has 0 fully saturated rings. The van der Waals surface area contributed by atoms with Crippen LogP contribution in [0.15, 0.2) is 79.3 Å². The van der Waals surface area contributed by atoms with E-state index in [0.717, 1.165) is 10.1 Å². The predicted molar refractivity (Wildman–Crippen MR) is 117 cm³/mol. The maximum Gasteiger partial charge on any atom is 0.280 e. The molecule has 0 radical (unpaired) electrons. The molecule has 1 amide bonds. The number of rotatable bonds is 6. The van der Waals surface area contributed by atoms with Crippen LogP contribution >= 0.6 is 0 Å². The van der Waals surface area contributed by atoms with E-state index >= 15 is 0 Å². The van der Waals surface area contributed by atoms with Crippen LogP contribution in [0.1, 0.15) is 28.0 Å². The molecule has 5 aromatic rings. The molecule has 0 aliphatic rings. The van der Waals surface area contributed by atoms with Crippen molar-refractivity contribution < 1.29 is 13.6 Å². The largest absolute Gasteiger partial charge is 0.289 e. The zero-order valence-corrected chi connectivity index (χ0v) is 17.1. The van der Waals surface area contributed by atoms with Crippen molar-refractivity contribution >= 4 is 17.5 Å². The van der Waals surface area contributed by atoms with E-state index in [4.69, 9.17) is 0 Å². The van der Waals surface area contributed by atoms with Gasteiger partial charge in [-0.15, -0.1) is 5.10 Å². The van der Waals surface area contributed by atoms with Gasteiger partial charge in [-0.2, -0.15) is 5.10 Å². The molecule has 0 aliphatic carbocycles. The van der Waals surface area contributed by atoms with Crippen molar-refractivity contribution in [2.24, 2.45) is 0 Å². The molecule has 3 heterocycles. The molecule has 10 heteroatoms. The number of benzene rings is 2. The van der Waals surface area contributed by atoms with Crippen molar-refractivity contribution in [2.75, 3.05) is 5.32 Å². The number of anilines is 1. The minimum Gasteiger partial charge on any atom is -0.289 e. The number of fused-ring (bicyclic) bond motifs is 1. The van der Waals surface area contributed by atoms with Gasteiger partial charge in [0.25, 0.3) is 12.3 Å². The Balaban J connectivity index is 1.45. The van der Waals surface area contributed by atoms with Gasteiger partial charge in [-0.05, 0) is 11.6 Å². The van der Waals surface area contributed by atoms with Crippen LogP contribution < -0.4 is 5.32 Å². The summed E-state index contributed by atoms with van der Waals surface area (Å²) in [6, 6.07) is 19.8. The first-order valence-electron chi connectivity index (χ1n) is 10.1. The van der Waals surface area contributed by atoms with Gasteiger partial charge in [0.2, 0.25) is 5.95 Å². The second-order valence-corrected chi connectivity index (χ2v) is 7.23. The molecule has 0 spiro atoms. The molecule has 5 rings (SSSR count). The van der Waals surface area contributed by atoms with Crippen molar-refractivity contribution in [3.63, 3.8) is 0 Å². The molecule has 164 valence electrons. The first kappa shape index (κ1) is 20.4. The average Bonchev–Trinajstić information content (AvgIpc) is 3.46. The monoisotopic (exact) mass is 445 g/mol. The van der Waals surface area contributed by atoms with Gasteiger partial charge in [0.05, 0.1) is 18.4 Å². The van der Waals surface area contributed by atoms with Gasteiger partial charge in [0, 0.05) is 5.56 Å². The molecule has 0 saturated carbocycles. The van der Waals surface area contributed by atoms with Crippen molar-refractivity contribution in [2.45, 2.75) is 13.0 Å². The highest BCUT2D eigenvalue weighted by atomic mass is 19.3. The van der Waals surface area contributed by atoms with E-state index in [0.29, 0.717) is 17.8 Å². The second-order valence-electron chi connectivity index (χ2n) is 7.23. The molecule has 1 N–H and O–H groups in total. The normalized spacial score (nSPS) is 11.2. The number of aromatic nitrogens is 6. The van der Waals surface area contributed by atoms with E-state index in [1.54, 1.807) is 28.9 Å². The van der Waals surface area contributed by atoms with Gasteiger partial charge < -0.3 is 0 Å². The van der Waals surface area contributed by atoms with Crippen LogP contribution in [-0.2, 0) is 6.54 Å². The van der Waals surface area contributed by atoms with Gasteiger partial charge >= 0.3 is 0 Å². The third kappa shape index (κ3) is 4.18. The lowest BCUT2D eigenvalue weighted by Crippen LogP contribution is -2.14. The molecule has 0 bridgehead atoms. The molecule has 0 atom stereocenters. The lowest BCUT2D eigenvalue weighted by atomic mass is 10.1. The number of hydrogen-bond donors (Lipinski definition) is 1. The Kier molecular flexibility index (Phi) is 5.31. The zero-order valence-electron chi connectivity index (χ0n) is 17.1. The number of amides is 1. The first-order valence-corrected chi connectivity index (χ1v) is 10.1. The van der Waals surface area contributed by atoms with E-state index in [1.165, 1.54) is 18.6 Å². The number of carbonyl (C=O) groups excluding carboxylic acids is 1. The van der Waals surface area contributed by atoms with Crippen LogP contribution in [0, 0.1) is 0 Å². The molecule has 2 aromatic carbocycles. The van der Waals surface area contributed by atoms with Crippen molar-refractivity contribution in [3.05, 3.63) is 96.1 Å². The standard InChI is InChI=1S/C23H17F2N7O/c24-20(25)19-11-18(16-9-5-2-6-10-16)28-21-17(12-27-32(19)21)22(33)29-23-26-14-31(30-23)13-15-7-3-1-4-8-15/h1-12,14,20H,13H2,(H,29,30,33). The van der Waals surface area contributed by atoms with E-state index in [9.17, 15) is 13.6 Å². The van der Waals surface area contributed by atoms with Crippen LogP contribution in [-0.4, -0.2) is 35.3 Å². The number of nitrogens with zero attached hydrogens (tertiary/aromatic N) is 6. The summed E-state index contributed by atoms with van der Waals surface area (Å²) < 4.78 is 30.0. The molecule has 0 aliphatic heterocycles. The highest BCUT2D eigenvalue weighted by Crippen LogP contribution is 2.26. The Bertz CT molecular complexity index is 1420. The van der Waals surface area contributed by atoms with E-state index in [1.807, 2.05) is 36.4 Å². The summed E-state index contributed by atoms with van der Waals surface area (Å²) in [5.74, 6) is -0.510. The van der Waals surface area contributed by atoms with Crippen LogP contribution in [0.3, 0.4) is 0 Å². The molecular formula is C23H17F2N7O. The third-order valence-corrected chi connectivity index (χ3v) is 4.99. The first-order chi connectivity index (χ1) is 16.1. The van der Waals surface area contributed by atoms with E-state index in [-0.39, 0.29) is 22.9 Å². The van der Waals surface area contributed by atoms with Crippen molar-refractivity contribution in [1.82, 2.24) is 29.4 Å². The van der Waals surface area contributed by atoms with Gasteiger partial charge in [0.1, 0.15) is 17.6 Å². The molecule has 8 nitrogen and oxygen atoms in total. The fourth-order valence-corrected chi connectivity index (χ4v) is 3.43. The summed E-state index contributed by atoms with van der Waals surface area (Å²) in [6.45, 7) is 0.486. The number of nitrogens with one attached hydrogen (secondary N) is 1. The molecular weight excluding hydrogens is 428 g/mol. The van der Waals surface area contributed by atoms with Crippen LogP contribution in [0.4, 0.5) is 14.7 Å². The minimum atomic E-state index is -2.80. The molecule has 33 heavy (non-hydrogen) atoms. The second kappa shape index (κ2) is 8.58. The Morgan fingerprint density at radius 3 is 2.48 bits per heavy atom. The smallest absolute Gasteiger partial charge is 0.280 e. The average molecular weight is 445 g/mol. The summed E-state index contributed by atoms with van der Waals surface area (Å²) in [4.78, 5) is 21.4. The summed E-state index contributed by atoms with van der Waals surface area (Å²) in [6.07, 6.45) is -0.0947. The Labute approximate surface area is 186 Å². The van der Waals surface area contributed by atoms with Crippen molar-refractivity contribution in [1.29, 1.82) is 0 Å². The summed E-state index contributed by atoms with van der Waals surface area (Å²) in [7, 11) is 0. The molecule has 0 unspecified atom stereocenters. The Morgan fingerprint density at radius 1 is 1.03 bits per heavy atom. The van der Waals surface area contributed by atoms with Gasteiger partial charge in [0.15, 0.2) is 5.65 Å². The van der Waals surface area contributed by atoms with E-state index in [2.05, 4.69) is 25.5 Å². The number of alkyl halides is 2. The lowest BCUT2D eigenvalue weighted by molar-refractivity contribution is 0.102.